The molecule has 3 heterocycles. The maximum absolute atomic E-state index is 14.6. The van der Waals surface area contributed by atoms with Crippen LogP contribution in [0.2, 0.25) is 0 Å². The number of halogens is 3. The number of methoxy groups -OCH3 is 1. The molecule has 0 fully saturated rings. The number of imidazole rings is 1. The average molecular weight is 441 g/mol. The van der Waals surface area contributed by atoms with E-state index in [2.05, 4.69) is 15.1 Å². The summed E-state index contributed by atoms with van der Waals surface area (Å²) >= 11 is 0. The zero-order valence-electron chi connectivity index (χ0n) is 16.6. The van der Waals surface area contributed by atoms with Crippen molar-refractivity contribution in [1.82, 2.24) is 24.1 Å². The minimum atomic E-state index is -0.865. The normalized spacial score (nSPS) is 11.6. The van der Waals surface area contributed by atoms with Crippen molar-refractivity contribution in [1.29, 1.82) is 0 Å². The van der Waals surface area contributed by atoms with Gasteiger partial charge < -0.3 is 13.8 Å². The summed E-state index contributed by atoms with van der Waals surface area (Å²) in [6, 6.07) is 7.37. The van der Waals surface area contributed by atoms with Gasteiger partial charge in [0.15, 0.2) is 5.69 Å². The zero-order chi connectivity index (χ0) is 22.4. The lowest BCUT2D eigenvalue weighted by molar-refractivity contribution is 0.187. The molecule has 0 spiro atoms. The first kappa shape index (κ1) is 19.9. The van der Waals surface area contributed by atoms with E-state index in [1.165, 1.54) is 40.6 Å². The predicted octanol–water partition coefficient (Wildman–Crippen LogP) is 3.43. The van der Waals surface area contributed by atoms with E-state index in [-0.39, 0.29) is 47.2 Å². The van der Waals surface area contributed by atoms with Crippen LogP contribution in [0.4, 0.5) is 13.2 Å². The lowest BCUT2D eigenvalue weighted by Crippen LogP contribution is -2.25. The van der Waals surface area contributed by atoms with Crippen molar-refractivity contribution in [3.8, 4) is 23.0 Å². The summed E-state index contributed by atoms with van der Waals surface area (Å²) in [4.78, 5) is 21.7. The largest absolute Gasteiger partial charge is 0.383 e. The van der Waals surface area contributed by atoms with Crippen LogP contribution in [-0.4, -0.2) is 37.8 Å². The molecular formula is C21H14F3N5O3. The van der Waals surface area contributed by atoms with Crippen LogP contribution in [0.15, 0.2) is 52.0 Å². The Morgan fingerprint density at radius 2 is 1.94 bits per heavy atom. The van der Waals surface area contributed by atoms with Crippen molar-refractivity contribution in [2.24, 2.45) is 0 Å². The minimum Gasteiger partial charge on any atom is -0.383 e. The van der Waals surface area contributed by atoms with Gasteiger partial charge in [-0.2, -0.15) is 4.98 Å². The fourth-order valence-corrected chi connectivity index (χ4v) is 3.58. The second kappa shape index (κ2) is 7.61. The van der Waals surface area contributed by atoms with Crippen molar-refractivity contribution in [2.45, 2.75) is 6.54 Å². The van der Waals surface area contributed by atoms with Gasteiger partial charge in [0.05, 0.1) is 17.7 Å². The molecule has 0 unspecified atom stereocenters. The lowest BCUT2D eigenvalue weighted by atomic mass is 10.2. The van der Waals surface area contributed by atoms with Crippen LogP contribution in [0.25, 0.3) is 39.5 Å². The Kier molecular flexibility index (Phi) is 4.74. The molecule has 0 amide bonds. The molecule has 2 aromatic carbocycles. The Hall–Kier alpha value is -3.99. The molecule has 8 nitrogen and oxygen atoms in total. The van der Waals surface area contributed by atoms with Crippen LogP contribution in [0.5, 0.6) is 0 Å². The van der Waals surface area contributed by atoms with E-state index >= 15 is 0 Å². The van der Waals surface area contributed by atoms with E-state index in [9.17, 15) is 18.0 Å². The van der Waals surface area contributed by atoms with Gasteiger partial charge >= 0.3 is 0 Å². The third-order valence-corrected chi connectivity index (χ3v) is 5.03. The smallest absolute Gasteiger partial charge is 0.279 e. The Balaban J connectivity index is 1.73. The maximum Gasteiger partial charge on any atom is 0.279 e. The number of fused-ring (bicyclic) bond motifs is 3. The average Bonchev–Trinajstić information content (AvgIpc) is 3.41. The Morgan fingerprint density at radius 3 is 2.72 bits per heavy atom. The summed E-state index contributed by atoms with van der Waals surface area (Å²) in [6.45, 7) is 0.279. The van der Waals surface area contributed by atoms with Gasteiger partial charge in [-0.15, -0.1) is 0 Å². The number of hydrogen-bond donors (Lipinski definition) is 0. The van der Waals surface area contributed by atoms with Crippen molar-refractivity contribution < 1.29 is 22.4 Å². The maximum atomic E-state index is 14.6. The second-order valence-electron chi connectivity index (χ2n) is 6.92. The predicted molar refractivity (Wildman–Crippen MR) is 107 cm³/mol. The number of nitrogens with zero attached hydrogens (tertiary/aromatic N) is 5. The fourth-order valence-electron chi connectivity index (χ4n) is 3.58. The van der Waals surface area contributed by atoms with Crippen LogP contribution >= 0.6 is 0 Å². The third kappa shape index (κ3) is 3.05. The van der Waals surface area contributed by atoms with Crippen molar-refractivity contribution in [2.75, 3.05) is 13.7 Å². The summed E-state index contributed by atoms with van der Waals surface area (Å²) in [5.41, 5.74) is 0.0155. The number of aromatic nitrogens is 5. The molecule has 0 aliphatic heterocycles. The Labute approximate surface area is 177 Å². The molecule has 11 heteroatoms. The first-order valence-electron chi connectivity index (χ1n) is 9.46. The van der Waals surface area contributed by atoms with E-state index in [1.54, 1.807) is 6.07 Å². The summed E-state index contributed by atoms with van der Waals surface area (Å²) in [5, 5.41) is 3.73. The summed E-state index contributed by atoms with van der Waals surface area (Å²) in [5.74, 6) is -2.46. The quantitative estimate of drug-likeness (QED) is 0.415. The summed E-state index contributed by atoms with van der Waals surface area (Å²) in [7, 11) is 1.47. The third-order valence-electron chi connectivity index (χ3n) is 5.03. The fraction of sp³-hybridized carbons (Fsp3) is 0.143. The first-order valence-corrected chi connectivity index (χ1v) is 9.46. The highest BCUT2D eigenvalue weighted by atomic mass is 19.1. The highest BCUT2D eigenvalue weighted by Crippen LogP contribution is 2.27. The van der Waals surface area contributed by atoms with Gasteiger partial charge in [-0.1, -0.05) is 11.2 Å². The van der Waals surface area contributed by atoms with Crippen molar-refractivity contribution in [3.05, 3.63) is 70.5 Å². The van der Waals surface area contributed by atoms with E-state index < -0.39 is 23.0 Å². The molecule has 32 heavy (non-hydrogen) atoms. The van der Waals surface area contributed by atoms with Crippen LogP contribution in [-0.2, 0) is 11.3 Å². The van der Waals surface area contributed by atoms with Gasteiger partial charge in [0, 0.05) is 19.7 Å². The van der Waals surface area contributed by atoms with E-state index in [4.69, 9.17) is 9.26 Å². The van der Waals surface area contributed by atoms with E-state index in [1.807, 2.05) is 0 Å². The monoisotopic (exact) mass is 441 g/mol. The highest BCUT2D eigenvalue weighted by Gasteiger charge is 2.23. The Morgan fingerprint density at radius 1 is 1.09 bits per heavy atom. The van der Waals surface area contributed by atoms with Crippen LogP contribution < -0.4 is 5.56 Å². The molecule has 0 atom stereocenters. The molecule has 5 rings (SSSR count). The van der Waals surface area contributed by atoms with Crippen LogP contribution in [0, 0.1) is 17.5 Å². The molecule has 0 saturated heterocycles. The van der Waals surface area contributed by atoms with Crippen LogP contribution in [0.3, 0.4) is 0 Å². The first-order chi connectivity index (χ1) is 15.5. The van der Waals surface area contributed by atoms with Gasteiger partial charge in [0.1, 0.15) is 34.8 Å². The van der Waals surface area contributed by atoms with Gasteiger partial charge in [0.25, 0.3) is 11.4 Å². The van der Waals surface area contributed by atoms with Crippen molar-refractivity contribution in [3.63, 3.8) is 0 Å². The van der Waals surface area contributed by atoms with Crippen LogP contribution in [0.1, 0.15) is 0 Å². The summed E-state index contributed by atoms with van der Waals surface area (Å²) < 4.78 is 54.9. The topological polar surface area (TPSA) is 87.5 Å². The standard InChI is InChI=1S/C21H14F3N5O3/c1-31-8-7-28-17-13(23)3-2-4-15(17)29-10-25-16(18(29)21(28)30)20-26-19(27-32-20)12-6-5-11(22)9-14(12)24/h2-6,9-10H,7-8H2,1H3. The van der Waals surface area contributed by atoms with Gasteiger partial charge in [0.2, 0.25) is 5.82 Å². The van der Waals surface area contributed by atoms with Crippen molar-refractivity contribution >= 4 is 16.6 Å². The number of ether oxygens (including phenoxy) is 1. The molecule has 5 aromatic rings. The van der Waals surface area contributed by atoms with E-state index in [0.717, 1.165) is 6.07 Å². The number of benzene rings is 2. The van der Waals surface area contributed by atoms with Gasteiger partial charge in [-0.3, -0.25) is 9.20 Å². The van der Waals surface area contributed by atoms with Gasteiger partial charge in [-0.25, -0.2) is 18.2 Å². The number of hydrogen-bond acceptors (Lipinski definition) is 6. The molecule has 0 radical (unpaired) electrons. The lowest BCUT2D eigenvalue weighted by Gasteiger charge is -2.12. The number of para-hydroxylation sites is 1. The number of rotatable bonds is 5. The molecular weight excluding hydrogens is 427 g/mol. The molecule has 0 N–H and O–H groups in total. The molecule has 3 aromatic heterocycles. The SMILES string of the molecule is COCCn1c(=O)c2c(-c3nc(-c4ccc(F)cc4F)no3)ncn2c2cccc(F)c21. The zero-order valence-corrected chi connectivity index (χ0v) is 16.6. The summed E-state index contributed by atoms with van der Waals surface area (Å²) in [6.07, 6.45) is 1.34. The minimum absolute atomic E-state index is 0.0496. The second-order valence-corrected chi connectivity index (χ2v) is 6.92. The molecule has 162 valence electrons. The Bertz CT molecular complexity index is 1540. The molecule has 0 bridgehead atoms. The molecule has 0 aliphatic carbocycles. The van der Waals surface area contributed by atoms with E-state index in [0.29, 0.717) is 11.6 Å². The van der Waals surface area contributed by atoms with Gasteiger partial charge in [-0.05, 0) is 24.3 Å². The molecule has 0 saturated carbocycles. The highest BCUT2D eigenvalue weighted by molar-refractivity contribution is 5.84. The molecule has 0 aliphatic rings.